The monoisotopic (exact) mass is 412 g/mol. The van der Waals surface area contributed by atoms with E-state index in [-0.39, 0.29) is 17.4 Å². The van der Waals surface area contributed by atoms with Crippen LogP contribution in [0.4, 0.5) is 19.3 Å². The second-order valence-electron chi connectivity index (χ2n) is 7.90. The predicted molar refractivity (Wildman–Crippen MR) is 112 cm³/mol. The normalized spacial score (nSPS) is 17.7. The Morgan fingerprint density at radius 2 is 1.80 bits per heavy atom. The van der Waals surface area contributed by atoms with E-state index in [1.165, 1.54) is 50.1 Å². The number of amides is 2. The number of alkyl halides is 2. The molecule has 0 saturated heterocycles. The molecule has 1 aliphatic heterocycles. The molecule has 2 aliphatic rings. The van der Waals surface area contributed by atoms with Gasteiger partial charge in [-0.3, -0.25) is 9.97 Å². The van der Waals surface area contributed by atoms with Gasteiger partial charge in [0, 0.05) is 31.2 Å². The van der Waals surface area contributed by atoms with E-state index in [0.717, 1.165) is 5.69 Å². The molecule has 1 aromatic heterocycles. The van der Waals surface area contributed by atoms with Gasteiger partial charge in [-0.05, 0) is 48.4 Å². The summed E-state index contributed by atoms with van der Waals surface area (Å²) >= 11 is 0. The number of carbonyl (C=O) groups excluding carboxylic acids is 1. The van der Waals surface area contributed by atoms with Gasteiger partial charge in [-0.25, -0.2) is 13.6 Å². The molecule has 0 bridgehead atoms. The summed E-state index contributed by atoms with van der Waals surface area (Å²) in [6.07, 6.45) is 8.66. The minimum atomic E-state index is -2.67. The minimum absolute atomic E-state index is 0.191. The summed E-state index contributed by atoms with van der Waals surface area (Å²) in [4.78, 5) is 22.1. The molecule has 1 aromatic carbocycles. The molecule has 2 heterocycles. The Hall–Kier alpha value is -2.83. The number of aromatic nitrogens is 2. The molecule has 1 fully saturated rings. The highest BCUT2D eigenvalue weighted by atomic mass is 19.3. The third kappa shape index (κ3) is 4.66. The van der Waals surface area contributed by atoms with E-state index >= 15 is 0 Å². The van der Waals surface area contributed by atoms with E-state index in [0.29, 0.717) is 31.0 Å². The lowest BCUT2D eigenvalue weighted by atomic mass is 9.84. The fourth-order valence-corrected chi connectivity index (χ4v) is 4.30. The molecule has 2 amide bonds. The first kappa shape index (κ1) is 20.4. The molecule has 4 rings (SSSR count). The van der Waals surface area contributed by atoms with Crippen LogP contribution >= 0.6 is 0 Å². The van der Waals surface area contributed by atoms with Crippen LogP contribution < -0.4 is 5.32 Å². The third-order valence-electron chi connectivity index (χ3n) is 5.97. The van der Waals surface area contributed by atoms with Crippen molar-refractivity contribution < 1.29 is 13.6 Å². The molecule has 158 valence electrons. The standard InChI is InChI=1S/C23H26F2N4O/c24-22(25)21-20(26-12-13-27-21)18-10-14-29(15-11-18)23(30)28-19-8-6-17(7-9-19)16-4-2-1-3-5-16/h6-10,12-13,16,22H,1-5,11,14-15H2,(H,28,30). The van der Waals surface area contributed by atoms with Crippen molar-refractivity contribution in [2.45, 2.75) is 50.9 Å². The maximum absolute atomic E-state index is 13.2. The number of hydrogen-bond donors (Lipinski definition) is 1. The van der Waals surface area contributed by atoms with E-state index < -0.39 is 6.43 Å². The van der Waals surface area contributed by atoms with Crippen LogP contribution in [0.1, 0.15) is 67.8 Å². The van der Waals surface area contributed by atoms with Crippen LogP contribution in [0.2, 0.25) is 0 Å². The fraction of sp³-hybridized carbons (Fsp3) is 0.435. The van der Waals surface area contributed by atoms with Crippen molar-refractivity contribution in [3.8, 4) is 0 Å². The summed E-state index contributed by atoms with van der Waals surface area (Å²) in [5.74, 6) is 0.633. The maximum Gasteiger partial charge on any atom is 0.322 e. The van der Waals surface area contributed by atoms with Crippen LogP contribution in [0.5, 0.6) is 0 Å². The van der Waals surface area contributed by atoms with Gasteiger partial charge < -0.3 is 10.2 Å². The first-order valence-corrected chi connectivity index (χ1v) is 10.6. The average Bonchev–Trinajstić information content (AvgIpc) is 2.80. The van der Waals surface area contributed by atoms with Crippen molar-refractivity contribution in [2.24, 2.45) is 0 Å². The first-order valence-electron chi connectivity index (χ1n) is 10.6. The number of nitrogens with zero attached hydrogens (tertiary/aromatic N) is 3. The summed E-state index contributed by atoms with van der Waals surface area (Å²) in [7, 11) is 0. The van der Waals surface area contributed by atoms with E-state index in [9.17, 15) is 13.6 Å². The van der Waals surface area contributed by atoms with Gasteiger partial charge >= 0.3 is 6.03 Å². The minimum Gasteiger partial charge on any atom is -0.320 e. The highest BCUT2D eigenvalue weighted by molar-refractivity contribution is 5.90. The van der Waals surface area contributed by atoms with Gasteiger partial charge in [-0.15, -0.1) is 0 Å². The topological polar surface area (TPSA) is 58.1 Å². The fourth-order valence-electron chi connectivity index (χ4n) is 4.30. The zero-order chi connectivity index (χ0) is 20.9. The quantitative estimate of drug-likeness (QED) is 0.692. The molecular weight excluding hydrogens is 386 g/mol. The second-order valence-corrected chi connectivity index (χ2v) is 7.90. The lowest BCUT2D eigenvalue weighted by molar-refractivity contribution is 0.145. The number of rotatable bonds is 4. The number of benzene rings is 1. The van der Waals surface area contributed by atoms with Gasteiger partial charge in [0.15, 0.2) is 0 Å². The Morgan fingerprint density at radius 1 is 1.07 bits per heavy atom. The van der Waals surface area contributed by atoms with Crippen molar-refractivity contribution in [3.05, 3.63) is 59.7 Å². The molecule has 0 atom stereocenters. The number of urea groups is 1. The van der Waals surface area contributed by atoms with Crippen molar-refractivity contribution in [1.29, 1.82) is 0 Å². The molecule has 30 heavy (non-hydrogen) atoms. The Balaban J connectivity index is 1.36. The molecule has 1 aliphatic carbocycles. The van der Waals surface area contributed by atoms with E-state index in [2.05, 4.69) is 27.4 Å². The maximum atomic E-state index is 13.2. The van der Waals surface area contributed by atoms with Crippen molar-refractivity contribution in [2.75, 3.05) is 18.4 Å². The summed E-state index contributed by atoms with van der Waals surface area (Å²) in [6.45, 7) is 0.789. The van der Waals surface area contributed by atoms with Gasteiger partial charge in [-0.2, -0.15) is 0 Å². The predicted octanol–water partition coefficient (Wildman–Crippen LogP) is 5.78. The molecule has 0 unspecified atom stereocenters. The molecule has 7 heteroatoms. The molecule has 1 N–H and O–H groups in total. The van der Waals surface area contributed by atoms with Gasteiger partial charge in [0.1, 0.15) is 5.69 Å². The number of anilines is 1. The van der Waals surface area contributed by atoms with Crippen LogP contribution in [-0.4, -0.2) is 34.0 Å². The summed E-state index contributed by atoms with van der Waals surface area (Å²) in [6, 6.07) is 7.95. The molecular formula is C23H26F2N4O. The Kier molecular flexibility index (Phi) is 6.35. The zero-order valence-corrected chi connectivity index (χ0v) is 16.9. The zero-order valence-electron chi connectivity index (χ0n) is 16.9. The van der Waals surface area contributed by atoms with Gasteiger partial charge in [0.2, 0.25) is 0 Å². The second kappa shape index (κ2) is 9.32. The lowest BCUT2D eigenvalue weighted by Gasteiger charge is -2.27. The average molecular weight is 412 g/mol. The largest absolute Gasteiger partial charge is 0.322 e. The van der Waals surface area contributed by atoms with Gasteiger partial charge in [-0.1, -0.05) is 37.5 Å². The Bertz CT molecular complexity index is 908. The Labute approximate surface area is 175 Å². The number of nitrogens with one attached hydrogen (secondary N) is 1. The van der Waals surface area contributed by atoms with Crippen LogP contribution in [0.3, 0.4) is 0 Å². The lowest BCUT2D eigenvalue weighted by Crippen LogP contribution is -2.38. The van der Waals surface area contributed by atoms with Crippen LogP contribution in [0, 0.1) is 0 Å². The Morgan fingerprint density at radius 3 is 2.47 bits per heavy atom. The van der Waals surface area contributed by atoms with Crippen LogP contribution in [-0.2, 0) is 0 Å². The van der Waals surface area contributed by atoms with E-state index in [1.807, 2.05) is 12.1 Å². The van der Waals surface area contributed by atoms with Crippen LogP contribution in [0.15, 0.2) is 42.7 Å². The molecule has 1 saturated carbocycles. The summed E-state index contributed by atoms with van der Waals surface area (Å²) < 4.78 is 26.3. The van der Waals surface area contributed by atoms with Crippen molar-refractivity contribution >= 4 is 17.3 Å². The molecule has 5 nitrogen and oxygen atoms in total. The smallest absolute Gasteiger partial charge is 0.320 e. The number of hydrogen-bond acceptors (Lipinski definition) is 3. The van der Waals surface area contributed by atoms with Crippen molar-refractivity contribution in [3.63, 3.8) is 0 Å². The summed E-state index contributed by atoms with van der Waals surface area (Å²) in [5.41, 5.74) is 2.74. The van der Waals surface area contributed by atoms with Gasteiger partial charge in [0.05, 0.1) is 5.69 Å². The third-order valence-corrected chi connectivity index (χ3v) is 5.97. The van der Waals surface area contributed by atoms with Gasteiger partial charge in [0.25, 0.3) is 6.43 Å². The molecule has 2 aromatic rings. The van der Waals surface area contributed by atoms with Crippen molar-refractivity contribution in [1.82, 2.24) is 14.9 Å². The number of carbonyl (C=O) groups is 1. The van der Waals surface area contributed by atoms with E-state index in [1.54, 1.807) is 11.0 Å². The molecule has 0 spiro atoms. The number of halogens is 2. The molecule has 0 radical (unpaired) electrons. The SMILES string of the molecule is O=C(Nc1ccc(C2CCCCC2)cc1)N1CC=C(c2nccnc2C(F)F)CC1. The van der Waals surface area contributed by atoms with E-state index in [4.69, 9.17) is 0 Å². The summed E-state index contributed by atoms with van der Waals surface area (Å²) in [5, 5.41) is 2.94. The van der Waals surface area contributed by atoms with Crippen LogP contribution in [0.25, 0.3) is 5.57 Å². The highest BCUT2D eigenvalue weighted by Gasteiger charge is 2.23. The first-order chi connectivity index (χ1) is 14.6. The highest BCUT2D eigenvalue weighted by Crippen LogP contribution is 2.33.